The van der Waals surface area contributed by atoms with Crippen LogP contribution in [0.3, 0.4) is 0 Å². The van der Waals surface area contributed by atoms with Gasteiger partial charge in [-0.25, -0.2) is 4.79 Å². The number of ether oxygens (including phenoxy) is 1. The van der Waals surface area contributed by atoms with Gasteiger partial charge in [0.05, 0.1) is 11.1 Å². The lowest BCUT2D eigenvalue weighted by atomic mass is 10.0. The molecule has 0 aliphatic carbocycles. The van der Waals surface area contributed by atoms with Crippen LogP contribution in [0.15, 0.2) is 60.7 Å². The van der Waals surface area contributed by atoms with Gasteiger partial charge < -0.3 is 10.1 Å². The summed E-state index contributed by atoms with van der Waals surface area (Å²) in [7, 11) is 0. The minimum atomic E-state index is -0.525. The van der Waals surface area contributed by atoms with Crippen molar-refractivity contribution >= 4 is 22.8 Å². The average molecular weight is 362 g/mol. The second-order valence-corrected chi connectivity index (χ2v) is 6.52. The standard InChI is InChI=1S/C22H22N2O3/c1-15(17-8-4-3-5-9-17)13-23-21(25)14-27-22(26)19-12-16(2)24-20-11-7-6-10-18(19)20/h3-12,15H,13-14H2,1-2H3,(H,23,25). The molecule has 3 rings (SSSR count). The average Bonchev–Trinajstić information content (AvgIpc) is 2.70. The van der Waals surface area contributed by atoms with Crippen molar-refractivity contribution in [1.29, 1.82) is 0 Å². The Hall–Kier alpha value is -3.21. The molecule has 1 unspecified atom stereocenters. The summed E-state index contributed by atoms with van der Waals surface area (Å²) in [6.07, 6.45) is 0. The maximum atomic E-state index is 12.4. The molecule has 3 aromatic rings. The van der Waals surface area contributed by atoms with Gasteiger partial charge in [-0.2, -0.15) is 0 Å². The van der Waals surface area contributed by atoms with Gasteiger partial charge in [-0.3, -0.25) is 9.78 Å². The molecule has 5 heteroatoms. The van der Waals surface area contributed by atoms with Crippen LogP contribution in [0, 0.1) is 6.92 Å². The molecule has 0 radical (unpaired) electrons. The summed E-state index contributed by atoms with van der Waals surface area (Å²) < 4.78 is 5.21. The third-order valence-corrected chi connectivity index (χ3v) is 4.37. The molecule has 0 aliphatic heterocycles. The first-order valence-electron chi connectivity index (χ1n) is 8.90. The van der Waals surface area contributed by atoms with E-state index in [4.69, 9.17) is 4.74 Å². The smallest absolute Gasteiger partial charge is 0.339 e. The van der Waals surface area contributed by atoms with E-state index < -0.39 is 5.97 Å². The molecule has 0 aliphatic rings. The molecule has 138 valence electrons. The number of hydrogen-bond acceptors (Lipinski definition) is 4. The van der Waals surface area contributed by atoms with Gasteiger partial charge in [-0.15, -0.1) is 0 Å². The summed E-state index contributed by atoms with van der Waals surface area (Å²) in [5.74, 6) is -0.665. The topological polar surface area (TPSA) is 68.3 Å². The molecular weight excluding hydrogens is 340 g/mol. The van der Waals surface area contributed by atoms with Crippen molar-refractivity contribution in [3.8, 4) is 0 Å². The van der Waals surface area contributed by atoms with Crippen LogP contribution in [-0.2, 0) is 9.53 Å². The zero-order chi connectivity index (χ0) is 19.2. The number of nitrogens with zero attached hydrogens (tertiary/aromatic N) is 1. The fraction of sp³-hybridized carbons (Fsp3) is 0.227. The van der Waals surface area contributed by atoms with Gasteiger partial charge in [0.15, 0.2) is 6.61 Å². The Kier molecular flexibility index (Phi) is 5.81. The van der Waals surface area contributed by atoms with Crippen LogP contribution < -0.4 is 5.32 Å². The molecule has 0 saturated carbocycles. The van der Waals surface area contributed by atoms with E-state index in [0.717, 1.165) is 16.8 Å². The van der Waals surface area contributed by atoms with Crippen LogP contribution in [0.4, 0.5) is 0 Å². The number of hydrogen-bond donors (Lipinski definition) is 1. The molecule has 0 spiro atoms. The number of aromatic nitrogens is 1. The number of benzene rings is 2. The first kappa shape index (κ1) is 18.6. The molecule has 0 fully saturated rings. The molecule has 1 N–H and O–H groups in total. The quantitative estimate of drug-likeness (QED) is 0.680. The molecule has 2 aromatic carbocycles. The van der Waals surface area contributed by atoms with Crippen LogP contribution in [-0.4, -0.2) is 30.0 Å². The molecule has 1 atom stereocenters. The van der Waals surface area contributed by atoms with Gasteiger partial charge in [0.1, 0.15) is 0 Å². The third kappa shape index (κ3) is 4.70. The Morgan fingerprint density at radius 1 is 1.07 bits per heavy atom. The number of carbonyl (C=O) groups excluding carboxylic acids is 2. The summed E-state index contributed by atoms with van der Waals surface area (Å²) in [6.45, 7) is 4.03. The summed E-state index contributed by atoms with van der Waals surface area (Å²) in [5.41, 5.74) is 3.02. The van der Waals surface area contributed by atoms with Crippen molar-refractivity contribution in [2.75, 3.05) is 13.2 Å². The molecular formula is C22H22N2O3. The molecule has 5 nitrogen and oxygen atoms in total. The van der Waals surface area contributed by atoms with Gasteiger partial charge in [0.2, 0.25) is 0 Å². The number of para-hydroxylation sites is 1. The highest BCUT2D eigenvalue weighted by molar-refractivity contribution is 6.04. The highest BCUT2D eigenvalue weighted by atomic mass is 16.5. The SMILES string of the molecule is Cc1cc(C(=O)OCC(=O)NCC(C)c2ccccc2)c2ccccc2n1. The fourth-order valence-electron chi connectivity index (χ4n) is 2.90. The van der Waals surface area contributed by atoms with Crippen LogP contribution in [0.5, 0.6) is 0 Å². The van der Waals surface area contributed by atoms with Gasteiger partial charge in [-0.05, 0) is 30.5 Å². The van der Waals surface area contributed by atoms with Crippen LogP contribution >= 0.6 is 0 Å². The Morgan fingerprint density at radius 3 is 2.56 bits per heavy atom. The van der Waals surface area contributed by atoms with Crippen molar-refractivity contribution in [1.82, 2.24) is 10.3 Å². The van der Waals surface area contributed by atoms with Crippen molar-refractivity contribution in [3.05, 3.63) is 77.5 Å². The van der Waals surface area contributed by atoms with Crippen molar-refractivity contribution in [3.63, 3.8) is 0 Å². The lowest BCUT2D eigenvalue weighted by Crippen LogP contribution is -2.31. The van der Waals surface area contributed by atoms with Gasteiger partial charge in [-0.1, -0.05) is 55.5 Å². The van der Waals surface area contributed by atoms with E-state index in [1.54, 1.807) is 6.07 Å². The number of aryl methyl sites for hydroxylation is 1. The normalized spacial score (nSPS) is 11.8. The third-order valence-electron chi connectivity index (χ3n) is 4.37. The summed E-state index contributed by atoms with van der Waals surface area (Å²) in [5, 5.41) is 3.52. The number of pyridine rings is 1. The van der Waals surface area contributed by atoms with E-state index in [1.165, 1.54) is 0 Å². The largest absolute Gasteiger partial charge is 0.452 e. The van der Waals surface area contributed by atoms with Crippen LogP contribution in [0.2, 0.25) is 0 Å². The van der Waals surface area contributed by atoms with E-state index in [-0.39, 0.29) is 18.4 Å². The predicted molar refractivity (Wildman–Crippen MR) is 105 cm³/mol. The van der Waals surface area contributed by atoms with Crippen LogP contribution in [0.1, 0.15) is 34.5 Å². The molecule has 1 aromatic heterocycles. The zero-order valence-corrected chi connectivity index (χ0v) is 15.4. The van der Waals surface area contributed by atoms with E-state index >= 15 is 0 Å². The monoisotopic (exact) mass is 362 g/mol. The van der Waals surface area contributed by atoms with E-state index in [9.17, 15) is 9.59 Å². The Bertz CT molecular complexity index is 954. The predicted octanol–water partition coefficient (Wildman–Crippen LogP) is 3.62. The minimum absolute atomic E-state index is 0.178. The summed E-state index contributed by atoms with van der Waals surface area (Å²) in [4.78, 5) is 28.9. The molecule has 1 heterocycles. The fourth-order valence-corrected chi connectivity index (χ4v) is 2.90. The maximum Gasteiger partial charge on any atom is 0.339 e. The lowest BCUT2D eigenvalue weighted by Gasteiger charge is -2.13. The zero-order valence-electron chi connectivity index (χ0n) is 15.4. The Balaban J connectivity index is 1.57. The Labute approximate surface area is 158 Å². The highest BCUT2D eigenvalue weighted by Crippen LogP contribution is 2.19. The minimum Gasteiger partial charge on any atom is -0.452 e. The van der Waals surface area contributed by atoms with Gasteiger partial charge in [0, 0.05) is 17.6 Å². The number of amides is 1. The Morgan fingerprint density at radius 2 is 1.78 bits per heavy atom. The molecule has 27 heavy (non-hydrogen) atoms. The number of carbonyl (C=O) groups is 2. The molecule has 1 amide bonds. The van der Waals surface area contributed by atoms with E-state index in [0.29, 0.717) is 17.5 Å². The summed E-state index contributed by atoms with van der Waals surface area (Å²) in [6, 6.07) is 19.0. The lowest BCUT2D eigenvalue weighted by molar-refractivity contribution is -0.124. The number of nitrogens with one attached hydrogen (secondary N) is 1. The van der Waals surface area contributed by atoms with E-state index in [2.05, 4.69) is 10.3 Å². The van der Waals surface area contributed by atoms with Crippen molar-refractivity contribution in [2.45, 2.75) is 19.8 Å². The number of fused-ring (bicyclic) bond motifs is 1. The second-order valence-electron chi connectivity index (χ2n) is 6.52. The number of rotatable bonds is 6. The van der Waals surface area contributed by atoms with Gasteiger partial charge >= 0.3 is 5.97 Å². The summed E-state index contributed by atoms with van der Waals surface area (Å²) >= 11 is 0. The first-order chi connectivity index (χ1) is 13.0. The number of esters is 1. The van der Waals surface area contributed by atoms with E-state index in [1.807, 2.05) is 68.4 Å². The van der Waals surface area contributed by atoms with Crippen molar-refractivity contribution in [2.24, 2.45) is 0 Å². The van der Waals surface area contributed by atoms with Gasteiger partial charge in [0.25, 0.3) is 5.91 Å². The van der Waals surface area contributed by atoms with Crippen molar-refractivity contribution < 1.29 is 14.3 Å². The molecule has 0 bridgehead atoms. The highest BCUT2D eigenvalue weighted by Gasteiger charge is 2.15. The molecule has 0 saturated heterocycles. The first-order valence-corrected chi connectivity index (χ1v) is 8.90. The van der Waals surface area contributed by atoms with Crippen LogP contribution in [0.25, 0.3) is 10.9 Å². The second kappa shape index (κ2) is 8.45. The maximum absolute atomic E-state index is 12.4.